The van der Waals surface area contributed by atoms with Crippen LogP contribution in [0, 0.1) is 17.0 Å². The molecule has 6 nitrogen and oxygen atoms in total. The first-order valence-corrected chi connectivity index (χ1v) is 6.21. The molecule has 0 fully saturated rings. The van der Waals surface area contributed by atoms with Crippen molar-refractivity contribution in [1.82, 2.24) is 14.6 Å². The van der Waals surface area contributed by atoms with Crippen LogP contribution in [0.1, 0.15) is 5.69 Å². The lowest BCUT2D eigenvalue weighted by atomic mass is 10.1. The molecule has 0 amide bonds. The van der Waals surface area contributed by atoms with Crippen LogP contribution in [0.25, 0.3) is 16.9 Å². The molecule has 0 bridgehead atoms. The van der Waals surface area contributed by atoms with Crippen LogP contribution in [0.2, 0.25) is 5.15 Å². The van der Waals surface area contributed by atoms with Crippen LogP contribution in [0.5, 0.6) is 0 Å². The molecule has 0 saturated carbocycles. The molecule has 20 heavy (non-hydrogen) atoms. The third kappa shape index (κ3) is 2.00. The third-order valence-corrected chi connectivity index (χ3v) is 3.17. The van der Waals surface area contributed by atoms with Crippen molar-refractivity contribution >= 4 is 22.9 Å². The summed E-state index contributed by atoms with van der Waals surface area (Å²) in [7, 11) is 0. The van der Waals surface area contributed by atoms with Gasteiger partial charge in [-0.3, -0.25) is 10.1 Å². The fourth-order valence-electron chi connectivity index (χ4n) is 2.09. The monoisotopic (exact) mass is 288 g/mol. The van der Waals surface area contributed by atoms with Crippen molar-refractivity contribution in [3.8, 4) is 11.3 Å². The van der Waals surface area contributed by atoms with Crippen molar-refractivity contribution in [2.24, 2.45) is 0 Å². The van der Waals surface area contributed by atoms with E-state index in [9.17, 15) is 10.1 Å². The maximum Gasteiger partial charge on any atom is 0.269 e. The van der Waals surface area contributed by atoms with Gasteiger partial charge in [-0.2, -0.15) is 5.10 Å². The van der Waals surface area contributed by atoms with Crippen LogP contribution in [-0.2, 0) is 0 Å². The van der Waals surface area contributed by atoms with Gasteiger partial charge in [-0.25, -0.2) is 9.50 Å². The minimum absolute atomic E-state index is 0.0474. The molecule has 0 aliphatic rings. The van der Waals surface area contributed by atoms with Crippen molar-refractivity contribution in [2.45, 2.75) is 6.92 Å². The van der Waals surface area contributed by atoms with Gasteiger partial charge in [0, 0.05) is 17.7 Å². The smallest absolute Gasteiger partial charge is 0.258 e. The molecule has 0 aliphatic carbocycles. The molecule has 0 N–H and O–H groups in total. The Morgan fingerprint density at radius 1 is 1.20 bits per heavy atom. The van der Waals surface area contributed by atoms with Crippen molar-refractivity contribution in [3.63, 3.8) is 0 Å². The molecular formula is C13H9ClN4O2. The molecule has 0 atom stereocenters. The highest BCUT2D eigenvalue weighted by Crippen LogP contribution is 2.26. The van der Waals surface area contributed by atoms with Crippen LogP contribution >= 0.6 is 11.6 Å². The normalized spacial score (nSPS) is 10.9. The summed E-state index contributed by atoms with van der Waals surface area (Å²) in [4.78, 5) is 14.6. The van der Waals surface area contributed by atoms with E-state index >= 15 is 0 Å². The Morgan fingerprint density at radius 3 is 2.55 bits per heavy atom. The summed E-state index contributed by atoms with van der Waals surface area (Å²) >= 11 is 5.91. The number of benzene rings is 1. The summed E-state index contributed by atoms with van der Waals surface area (Å²) in [6, 6.07) is 9.71. The van der Waals surface area contributed by atoms with E-state index in [0.29, 0.717) is 10.8 Å². The molecule has 100 valence electrons. The van der Waals surface area contributed by atoms with Crippen LogP contribution < -0.4 is 0 Å². The van der Waals surface area contributed by atoms with Gasteiger partial charge in [0.2, 0.25) is 0 Å². The molecule has 3 rings (SSSR count). The Labute approximate surface area is 118 Å². The highest BCUT2D eigenvalue weighted by molar-refractivity contribution is 6.29. The zero-order chi connectivity index (χ0) is 14.3. The molecule has 0 spiro atoms. The first-order valence-electron chi connectivity index (χ1n) is 5.83. The maximum absolute atomic E-state index is 10.7. The minimum atomic E-state index is -0.430. The van der Waals surface area contributed by atoms with Gasteiger partial charge in [-0.05, 0) is 31.2 Å². The number of hydrogen-bond acceptors (Lipinski definition) is 4. The lowest BCUT2D eigenvalue weighted by Crippen LogP contribution is -1.95. The second-order valence-corrected chi connectivity index (χ2v) is 4.66. The molecule has 0 radical (unpaired) electrons. The van der Waals surface area contributed by atoms with E-state index < -0.39 is 4.92 Å². The molecule has 1 aromatic carbocycles. The van der Waals surface area contributed by atoms with Crippen LogP contribution in [0.4, 0.5) is 5.69 Å². The Hall–Kier alpha value is -2.47. The Balaban J connectivity index is 2.20. The Bertz CT molecular complexity index is 811. The number of aromatic nitrogens is 3. The molecule has 0 saturated heterocycles. The third-order valence-electron chi connectivity index (χ3n) is 2.97. The van der Waals surface area contributed by atoms with Gasteiger partial charge in [0.1, 0.15) is 5.15 Å². The average molecular weight is 289 g/mol. The number of nitro groups is 1. The molecular weight excluding hydrogens is 280 g/mol. The van der Waals surface area contributed by atoms with Gasteiger partial charge in [0.25, 0.3) is 5.69 Å². The summed E-state index contributed by atoms with van der Waals surface area (Å²) in [6.45, 7) is 1.86. The number of nitro benzene ring substituents is 1. The molecule has 0 unspecified atom stereocenters. The fraction of sp³-hybridized carbons (Fsp3) is 0.0769. The largest absolute Gasteiger partial charge is 0.269 e. The van der Waals surface area contributed by atoms with Crippen LogP contribution in [0.15, 0.2) is 36.4 Å². The topological polar surface area (TPSA) is 73.3 Å². The van der Waals surface area contributed by atoms with E-state index in [1.54, 1.807) is 28.8 Å². The highest BCUT2D eigenvalue weighted by atomic mass is 35.5. The second-order valence-electron chi connectivity index (χ2n) is 4.28. The SMILES string of the molecule is Cc1nc2ccc(Cl)nn2c1-c1ccc([N+](=O)[O-])cc1. The van der Waals surface area contributed by atoms with E-state index in [4.69, 9.17) is 11.6 Å². The second kappa shape index (κ2) is 4.57. The Morgan fingerprint density at radius 2 is 1.90 bits per heavy atom. The van der Waals surface area contributed by atoms with E-state index in [2.05, 4.69) is 10.1 Å². The molecule has 2 aromatic heterocycles. The first-order chi connectivity index (χ1) is 9.56. The predicted octanol–water partition coefficient (Wildman–Crippen LogP) is 3.27. The summed E-state index contributed by atoms with van der Waals surface area (Å²) < 4.78 is 1.64. The maximum atomic E-state index is 10.7. The van der Waals surface area contributed by atoms with Crippen molar-refractivity contribution in [1.29, 1.82) is 0 Å². The predicted molar refractivity (Wildman–Crippen MR) is 74.8 cm³/mol. The quantitative estimate of drug-likeness (QED) is 0.536. The van der Waals surface area contributed by atoms with Crippen molar-refractivity contribution in [3.05, 3.63) is 57.4 Å². The van der Waals surface area contributed by atoms with E-state index in [-0.39, 0.29) is 5.69 Å². The zero-order valence-electron chi connectivity index (χ0n) is 10.4. The summed E-state index contributed by atoms with van der Waals surface area (Å²) in [5.74, 6) is 0. The lowest BCUT2D eigenvalue weighted by molar-refractivity contribution is -0.384. The fourth-order valence-corrected chi connectivity index (χ4v) is 2.23. The van der Waals surface area contributed by atoms with Gasteiger partial charge >= 0.3 is 0 Å². The number of rotatable bonds is 2. The van der Waals surface area contributed by atoms with Gasteiger partial charge in [-0.15, -0.1) is 0 Å². The summed E-state index contributed by atoms with van der Waals surface area (Å²) in [5.41, 5.74) is 3.09. The number of nitrogens with zero attached hydrogens (tertiary/aromatic N) is 4. The number of non-ortho nitro benzene ring substituents is 1. The minimum Gasteiger partial charge on any atom is -0.258 e. The van der Waals surface area contributed by atoms with E-state index in [1.165, 1.54) is 12.1 Å². The van der Waals surface area contributed by atoms with E-state index in [0.717, 1.165) is 17.0 Å². The highest BCUT2D eigenvalue weighted by Gasteiger charge is 2.13. The van der Waals surface area contributed by atoms with Gasteiger partial charge in [-0.1, -0.05) is 11.6 Å². The van der Waals surface area contributed by atoms with Gasteiger partial charge < -0.3 is 0 Å². The van der Waals surface area contributed by atoms with Crippen molar-refractivity contribution in [2.75, 3.05) is 0 Å². The molecule has 3 aromatic rings. The summed E-state index contributed by atoms with van der Waals surface area (Å²) in [6.07, 6.45) is 0. The molecule has 0 aliphatic heterocycles. The molecule has 7 heteroatoms. The summed E-state index contributed by atoms with van der Waals surface area (Å²) in [5, 5.41) is 15.3. The number of fused-ring (bicyclic) bond motifs is 1. The average Bonchev–Trinajstić information content (AvgIpc) is 2.74. The number of aryl methyl sites for hydroxylation is 1. The van der Waals surface area contributed by atoms with E-state index in [1.807, 2.05) is 6.92 Å². The number of halogens is 1. The zero-order valence-corrected chi connectivity index (χ0v) is 11.2. The lowest BCUT2D eigenvalue weighted by Gasteiger charge is -2.02. The van der Waals surface area contributed by atoms with Crippen molar-refractivity contribution < 1.29 is 4.92 Å². The number of imidazole rings is 1. The standard InChI is InChI=1S/C13H9ClN4O2/c1-8-13(9-2-4-10(5-3-9)18(19)20)17-12(15-8)7-6-11(14)16-17/h2-7H,1H3. The molecule has 2 heterocycles. The van der Waals surface area contributed by atoms with Crippen LogP contribution in [0.3, 0.4) is 0 Å². The first kappa shape index (κ1) is 12.6. The Kier molecular flexibility index (Phi) is 2.87. The van der Waals surface area contributed by atoms with Gasteiger partial charge in [0.05, 0.1) is 16.3 Å². The van der Waals surface area contributed by atoms with Crippen LogP contribution in [-0.4, -0.2) is 19.5 Å². The number of hydrogen-bond donors (Lipinski definition) is 0. The van der Waals surface area contributed by atoms with Gasteiger partial charge in [0.15, 0.2) is 5.65 Å².